The number of rotatable bonds is 5. The van der Waals surface area contributed by atoms with Crippen LogP contribution >= 0.6 is 0 Å². The van der Waals surface area contributed by atoms with Crippen LogP contribution in [-0.2, 0) is 11.2 Å². The second kappa shape index (κ2) is 7.65. The minimum absolute atomic E-state index is 0.110. The molecule has 130 valence electrons. The van der Waals surface area contributed by atoms with Crippen molar-refractivity contribution >= 4 is 23.4 Å². The summed E-state index contributed by atoms with van der Waals surface area (Å²) in [5, 5.41) is 5.37. The average molecular weight is 342 g/mol. The maximum Gasteiger partial charge on any atom is 0.323 e. The van der Waals surface area contributed by atoms with Crippen molar-refractivity contribution in [3.05, 3.63) is 59.9 Å². The Hall–Kier alpha value is -3.09. The fourth-order valence-electron chi connectivity index (χ4n) is 2.50. The van der Waals surface area contributed by atoms with Gasteiger partial charge in [-0.1, -0.05) is 12.1 Å². The summed E-state index contributed by atoms with van der Waals surface area (Å²) >= 11 is 0. The smallest absolute Gasteiger partial charge is 0.323 e. The lowest BCUT2D eigenvalue weighted by Gasteiger charge is -2.09. The zero-order valence-electron chi connectivity index (χ0n) is 13.5. The molecule has 0 saturated heterocycles. The molecule has 1 atom stereocenters. The number of halogens is 1. The first-order chi connectivity index (χ1) is 12.1. The maximum atomic E-state index is 12.8. The van der Waals surface area contributed by atoms with Crippen molar-refractivity contribution < 1.29 is 13.9 Å². The lowest BCUT2D eigenvalue weighted by atomic mass is 10.1. The van der Waals surface area contributed by atoms with Gasteiger partial charge in [-0.25, -0.2) is 14.2 Å². The fourth-order valence-corrected chi connectivity index (χ4v) is 2.50. The van der Waals surface area contributed by atoms with Crippen molar-refractivity contribution in [1.82, 2.24) is 0 Å². The van der Waals surface area contributed by atoms with Gasteiger partial charge in [-0.05, 0) is 54.8 Å². The van der Waals surface area contributed by atoms with E-state index in [0.717, 1.165) is 18.4 Å². The highest BCUT2D eigenvalue weighted by atomic mass is 19.1. The number of anilines is 2. The summed E-state index contributed by atoms with van der Waals surface area (Å²) in [6.07, 6.45) is 1.71. The summed E-state index contributed by atoms with van der Waals surface area (Å²) in [5.74, 6) is -0.348. The molecule has 2 aromatic carbocycles. The monoisotopic (exact) mass is 342 g/mol. The quantitative estimate of drug-likeness (QED) is 0.780. The summed E-state index contributed by atoms with van der Waals surface area (Å²) in [6, 6.07) is 13.1. The number of aryl methyl sites for hydroxylation is 1. The predicted molar refractivity (Wildman–Crippen MR) is 95.2 cm³/mol. The molecule has 2 amide bonds. The summed E-state index contributed by atoms with van der Waals surface area (Å²) in [5.41, 5.74) is 7.83. The van der Waals surface area contributed by atoms with Gasteiger partial charge in [-0.15, -0.1) is 0 Å². The second-order valence-corrected chi connectivity index (χ2v) is 5.75. The Morgan fingerprint density at radius 3 is 2.28 bits per heavy atom. The number of amides is 2. The molecule has 1 unspecified atom stereocenters. The molecule has 4 N–H and O–H groups in total. The van der Waals surface area contributed by atoms with Gasteiger partial charge < -0.3 is 21.1 Å². The van der Waals surface area contributed by atoms with Crippen LogP contribution in [0.25, 0.3) is 0 Å². The number of aliphatic imine (C=N–C) groups is 1. The van der Waals surface area contributed by atoms with E-state index < -0.39 is 0 Å². The number of nitrogens with zero attached hydrogens (tertiary/aromatic N) is 1. The Morgan fingerprint density at radius 2 is 1.72 bits per heavy atom. The highest BCUT2D eigenvalue weighted by molar-refractivity contribution is 5.99. The van der Waals surface area contributed by atoms with Crippen LogP contribution in [0.15, 0.2) is 53.5 Å². The van der Waals surface area contributed by atoms with E-state index >= 15 is 0 Å². The van der Waals surface area contributed by atoms with Crippen molar-refractivity contribution in [2.24, 2.45) is 10.7 Å². The SMILES string of the molecule is NC1=NC(CCc2ccc(NC(=O)Nc3ccc(F)cc3)cc2)CO1. The number of carbonyl (C=O) groups excluding carboxylic acids is 1. The van der Waals surface area contributed by atoms with Gasteiger partial charge in [0.25, 0.3) is 6.02 Å². The van der Waals surface area contributed by atoms with Gasteiger partial charge in [0.05, 0.1) is 6.04 Å². The number of amidine groups is 1. The van der Waals surface area contributed by atoms with Crippen LogP contribution in [0.5, 0.6) is 0 Å². The van der Waals surface area contributed by atoms with E-state index in [-0.39, 0.29) is 23.9 Å². The lowest BCUT2D eigenvalue weighted by Crippen LogP contribution is -2.19. The molecule has 1 heterocycles. The topological polar surface area (TPSA) is 88.7 Å². The molecule has 0 aromatic heterocycles. The van der Waals surface area contributed by atoms with E-state index in [1.54, 1.807) is 0 Å². The lowest BCUT2D eigenvalue weighted by molar-refractivity contribution is 0.262. The van der Waals surface area contributed by atoms with Crippen molar-refractivity contribution in [2.45, 2.75) is 18.9 Å². The zero-order valence-corrected chi connectivity index (χ0v) is 13.5. The van der Waals surface area contributed by atoms with Crippen molar-refractivity contribution in [2.75, 3.05) is 17.2 Å². The molecule has 1 aliphatic heterocycles. The Labute approximate surface area is 144 Å². The molecule has 6 nitrogen and oxygen atoms in total. The number of hydrogen-bond acceptors (Lipinski definition) is 4. The van der Waals surface area contributed by atoms with Crippen molar-refractivity contribution in [3.63, 3.8) is 0 Å². The van der Waals surface area contributed by atoms with Gasteiger partial charge >= 0.3 is 6.03 Å². The van der Waals surface area contributed by atoms with Gasteiger partial charge in [-0.2, -0.15) is 0 Å². The maximum absolute atomic E-state index is 12.8. The molecule has 0 spiro atoms. The number of nitrogens with two attached hydrogens (primary N) is 1. The molecule has 0 fully saturated rings. The predicted octanol–water partition coefficient (Wildman–Crippen LogP) is 3.12. The van der Waals surface area contributed by atoms with Gasteiger partial charge in [0.2, 0.25) is 0 Å². The minimum atomic E-state index is -0.382. The van der Waals surface area contributed by atoms with E-state index in [2.05, 4.69) is 15.6 Å². The first kappa shape index (κ1) is 16.8. The number of hydrogen-bond donors (Lipinski definition) is 3. The molecule has 7 heteroatoms. The summed E-state index contributed by atoms with van der Waals surface area (Å²) in [4.78, 5) is 16.1. The van der Waals surface area contributed by atoms with E-state index in [1.807, 2.05) is 24.3 Å². The Morgan fingerprint density at radius 1 is 1.12 bits per heavy atom. The highest BCUT2D eigenvalue weighted by Crippen LogP contribution is 2.15. The first-order valence-electron chi connectivity index (χ1n) is 7.97. The normalized spacial score (nSPS) is 16.0. The van der Waals surface area contributed by atoms with Crippen LogP contribution in [0.3, 0.4) is 0 Å². The number of nitrogens with one attached hydrogen (secondary N) is 2. The van der Waals surface area contributed by atoms with Gasteiger partial charge in [0.1, 0.15) is 12.4 Å². The van der Waals surface area contributed by atoms with Crippen LogP contribution in [0.1, 0.15) is 12.0 Å². The Balaban J connectivity index is 1.48. The fraction of sp³-hybridized carbons (Fsp3) is 0.222. The van der Waals surface area contributed by atoms with E-state index in [0.29, 0.717) is 18.0 Å². The molecule has 0 saturated carbocycles. The zero-order chi connectivity index (χ0) is 17.6. The molecule has 3 rings (SSSR count). The molecular weight excluding hydrogens is 323 g/mol. The van der Waals surface area contributed by atoms with Gasteiger partial charge in [0.15, 0.2) is 0 Å². The molecule has 0 aliphatic carbocycles. The second-order valence-electron chi connectivity index (χ2n) is 5.75. The van der Waals surface area contributed by atoms with E-state index in [4.69, 9.17) is 10.5 Å². The number of carbonyl (C=O) groups is 1. The Bertz CT molecular complexity index is 760. The highest BCUT2D eigenvalue weighted by Gasteiger charge is 2.16. The largest absolute Gasteiger partial charge is 0.463 e. The summed E-state index contributed by atoms with van der Waals surface area (Å²) in [6.45, 7) is 0.537. The van der Waals surface area contributed by atoms with Gasteiger partial charge in [0, 0.05) is 11.4 Å². The van der Waals surface area contributed by atoms with Crippen LogP contribution in [-0.4, -0.2) is 24.7 Å². The number of ether oxygens (including phenoxy) is 1. The molecular formula is C18H19FN4O2. The van der Waals surface area contributed by atoms with Crippen LogP contribution < -0.4 is 16.4 Å². The summed E-state index contributed by atoms with van der Waals surface area (Å²) < 4.78 is 18.0. The van der Waals surface area contributed by atoms with E-state index in [9.17, 15) is 9.18 Å². The third-order valence-corrected chi connectivity index (χ3v) is 3.81. The number of benzene rings is 2. The standard InChI is InChI=1S/C18H19FN4O2/c19-13-4-9-15(10-5-13)23-18(24)22-14-6-1-12(2-7-14)3-8-16-11-25-17(20)21-16/h1-2,4-7,9-10,16H,3,8,11H2,(H2,20,21)(H2,22,23,24). The molecule has 2 aromatic rings. The molecule has 1 aliphatic rings. The Kier molecular flexibility index (Phi) is 5.13. The average Bonchev–Trinajstić information content (AvgIpc) is 3.02. The van der Waals surface area contributed by atoms with E-state index in [1.165, 1.54) is 24.3 Å². The van der Waals surface area contributed by atoms with Crippen LogP contribution in [0, 0.1) is 5.82 Å². The van der Waals surface area contributed by atoms with Crippen LogP contribution in [0.2, 0.25) is 0 Å². The third-order valence-electron chi connectivity index (χ3n) is 3.81. The molecule has 0 radical (unpaired) electrons. The number of urea groups is 1. The molecule has 25 heavy (non-hydrogen) atoms. The molecule has 0 bridgehead atoms. The third kappa shape index (κ3) is 4.94. The van der Waals surface area contributed by atoms with Gasteiger partial charge in [-0.3, -0.25) is 0 Å². The first-order valence-corrected chi connectivity index (χ1v) is 7.97. The minimum Gasteiger partial charge on any atom is -0.463 e. The van der Waals surface area contributed by atoms with Crippen molar-refractivity contribution in [3.8, 4) is 0 Å². The summed E-state index contributed by atoms with van der Waals surface area (Å²) in [7, 11) is 0. The van der Waals surface area contributed by atoms with Crippen molar-refractivity contribution in [1.29, 1.82) is 0 Å². The van der Waals surface area contributed by atoms with Crippen LogP contribution in [0.4, 0.5) is 20.6 Å².